The maximum absolute atomic E-state index is 12.2. The summed E-state index contributed by atoms with van der Waals surface area (Å²) in [5.74, 6) is 1.14. The van der Waals surface area contributed by atoms with Crippen LogP contribution in [0.5, 0.6) is 5.75 Å². The van der Waals surface area contributed by atoms with E-state index in [2.05, 4.69) is 15.5 Å². The zero-order valence-electron chi connectivity index (χ0n) is 17.0. The van der Waals surface area contributed by atoms with Crippen LogP contribution in [0.3, 0.4) is 0 Å². The molecule has 1 N–H and O–H groups in total. The summed E-state index contributed by atoms with van der Waals surface area (Å²) in [5, 5.41) is 22.9. The van der Waals surface area contributed by atoms with E-state index in [0.29, 0.717) is 27.4 Å². The summed E-state index contributed by atoms with van der Waals surface area (Å²) >= 11 is 7.28. The maximum Gasteiger partial charge on any atom is 0.269 e. The first-order valence-electron chi connectivity index (χ1n) is 9.24. The SMILES string of the molecule is Cc1cc(OC(C)c2nnc(SCC(=O)Nc3ccc([N+](=O)[O-])cc3)n2C)ccc1Cl. The van der Waals surface area contributed by atoms with Crippen LogP contribution in [0.15, 0.2) is 47.6 Å². The van der Waals surface area contributed by atoms with E-state index < -0.39 is 4.92 Å². The zero-order valence-corrected chi connectivity index (χ0v) is 18.6. The van der Waals surface area contributed by atoms with E-state index in [-0.39, 0.29) is 23.5 Å². The molecule has 0 aliphatic carbocycles. The standard InChI is InChI=1S/C20H20ClN5O4S/c1-12-10-16(8-9-17(12)21)30-13(2)19-23-24-20(25(19)3)31-11-18(27)22-14-4-6-15(7-5-14)26(28)29/h4-10,13H,11H2,1-3H3,(H,22,27). The van der Waals surface area contributed by atoms with Crippen LogP contribution in [-0.2, 0) is 11.8 Å². The van der Waals surface area contributed by atoms with Gasteiger partial charge in [0.1, 0.15) is 5.75 Å². The molecule has 0 saturated carbocycles. The number of carbonyl (C=O) groups excluding carboxylic acids is 1. The van der Waals surface area contributed by atoms with Gasteiger partial charge in [0.25, 0.3) is 5.69 Å². The van der Waals surface area contributed by atoms with Gasteiger partial charge in [-0.25, -0.2) is 0 Å². The maximum atomic E-state index is 12.2. The lowest BCUT2D eigenvalue weighted by Gasteiger charge is -2.15. The predicted molar refractivity (Wildman–Crippen MR) is 119 cm³/mol. The van der Waals surface area contributed by atoms with Gasteiger partial charge >= 0.3 is 0 Å². The highest BCUT2D eigenvalue weighted by atomic mass is 35.5. The summed E-state index contributed by atoms with van der Waals surface area (Å²) in [6, 6.07) is 11.1. The summed E-state index contributed by atoms with van der Waals surface area (Å²) in [4.78, 5) is 22.4. The number of halogens is 1. The smallest absolute Gasteiger partial charge is 0.269 e. The Balaban J connectivity index is 1.57. The molecule has 0 radical (unpaired) electrons. The van der Waals surface area contributed by atoms with Crippen molar-refractivity contribution < 1.29 is 14.5 Å². The first-order valence-corrected chi connectivity index (χ1v) is 10.6. The lowest BCUT2D eigenvalue weighted by atomic mass is 10.2. The van der Waals surface area contributed by atoms with Crippen LogP contribution < -0.4 is 10.1 Å². The number of benzene rings is 2. The lowest BCUT2D eigenvalue weighted by molar-refractivity contribution is -0.384. The first-order chi connectivity index (χ1) is 14.7. The number of rotatable bonds is 8. The summed E-state index contributed by atoms with van der Waals surface area (Å²) in [7, 11) is 1.80. The number of aryl methyl sites for hydroxylation is 1. The van der Waals surface area contributed by atoms with Crippen molar-refractivity contribution in [2.45, 2.75) is 25.1 Å². The average Bonchev–Trinajstić information content (AvgIpc) is 3.10. The summed E-state index contributed by atoms with van der Waals surface area (Å²) in [5.41, 5.74) is 1.36. The molecule has 0 fully saturated rings. The van der Waals surface area contributed by atoms with Crippen LogP contribution in [0.2, 0.25) is 5.02 Å². The molecule has 1 atom stereocenters. The fourth-order valence-corrected chi connectivity index (χ4v) is 3.58. The highest BCUT2D eigenvalue weighted by Gasteiger charge is 2.18. The van der Waals surface area contributed by atoms with Crippen molar-refractivity contribution in [1.29, 1.82) is 0 Å². The predicted octanol–water partition coefficient (Wildman–Crippen LogP) is 4.56. The Morgan fingerprint density at radius 3 is 2.65 bits per heavy atom. The molecule has 0 bridgehead atoms. The molecule has 0 saturated heterocycles. The molecular weight excluding hydrogens is 442 g/mol. The third-order valence-electron chi connectivity index (χ3n) is 4.37. The number of nitrogens with one attached hydrogen (secondary N) is 1. The molecule has 1 amide bonds. The minimum Gasteiger partial charge on any atom is -0.483 e. The number of nitrogens with zero attached hydrogens (tertiary/aromatic N) is 4. The Bertz CT molecular complexity index is 1100. The van der Waals surface area contributed by atoms with E-state index in [4.69, 9.17) is 16.3 Å². The highest BCUT2D eigenvalue weighted by Crippen LogP contribution is 2.26. The van der Waals surface area contributed by atoms with Crippen molar-refractivity contribution in [3.05, 3.63) is 69.0 Å². The van der Waals surface area contributed by atoms with Gasteiger partial charge in [-0.3, -0.25) is 14.9 Å². The fraction of sp³-hybridized carbons (Fsp3) is 0.250. The molecule has 9 nitrogen and oxygen atoms in total. The van der Waals surface area contributed by atoms with E-state index in [1.807, 2.05) is 19.9 Å². The molecule has 1 heterocycles. The number of nitro groups is 1. The average molecular weight is 462 g/mol. The number of carbonyl (C=O) groups is 1. The first kappa shape index (κ1) is 22.6. The monoisotopic (exact) mass is 461 g/mol. The molecule has 31 heavy (non-hydrogen) atoms. The topological polar surface area (TPSA) is 112 Å². The number of anilines is 1. The van der Waals surface area contributed by atoms with Crippen LogP contribution in [0.25, 0.3) is 0 Å². The second-order valence-electron chi connectivity index (χ2n) is 6.71. The van der Waals surface area contributed by atoms with Gasteiger partial charge in [0.15, 0.2) is 17.1 Å². The van der Waals surface area contributed by atoms with Crippen molar-refractivity contribution in [3.8, 4) is 5.75 Å². The number of hydrogen-bond acceptors (Lipinski definition) is 7. The van der Waals surface area contributed by atoms with Gasteiger partial charge in [0.05, 0.1) is 10.7 Å². The van der Waals surface area contributed by atoms with Gasteiger partial charge in [0, 0.05) is 29.9 Å². The second-order valence-corrected chi connectivity index (χ2v) is 8.06. The van der Waals surface area contributed by atoms with Crippen LogP contribution in [0, 0.1) is 17.0 Å². The lowest BCUT2D eigenvalue weighted by Crippen LogP contribution is -2.15. The second kappa shape index (κ2) is 9.80. The molecule has 2 aromatic carbocycles. The number of ether oxygens (including phenoxy) is 1. The molecule has 11 heteroatoms. The summed E-state index contributed by atoms with van der Waals surface area (Å²) in [6.45, 7) is 3.77. The van der Waals surface area contributed by atoms with Crippen LogP contribution in [0.4, 0.5) is 11.4 Å². The van der Waals surface area contributed by atoms with Gasteiger partial charge in [-0.05, 0) is 49.7 Å². The molecule has 0 aliphatic rings. The molecule has 0 spiro atoms. The Morgan fingerprint density at radius 1 is 1.29 bits per heavy atom. The van der Waals surface area contributed by atoms with Gasteiger partial charge in [-0.1, -0.05) is 23.4 Å². The fourth-order valence-electron chi connectivity index (χ4n) is 2.75. The van der Waals surface area contributed by atoms with Gasteiger partial charge < -0.3 is 14.6 Å². The highest BCUT2D eigenvalue weighted by molar-refractivity contribution is 7.99. The van der Waals surface area contributed by atoms with Crippen LogP contribution >= 0.6 is 23.4 Å². The molecular formula is C20H20ClN5O4S. The van der Waals surface area contributed by atoms with E-state index in [1.165, 1.54) is 36.0 Å². The van der Waals surface area contributed by atoms with E-state index in [9.17, 15) is 14.9 Å². The van der Waals surface area contributed by atoms with Crippen molar-refractivity contribution in [1.82, 2.24) is 14.8 Å². The van der Waals surface area contributed by atoms with Crippen molar-refractivity contribution in [2.75, 3.05) is 11.1 Å². The van der Waals surface area contributed by atoms with Crippen molar-refractivity contribution in [2.24, 2.45) is 7.05 Å². The minimum absolute atomic E-state index is 0.0379. The summed E-state index contributed by atoms with van der Waals surface area (Å²) < 4.78 is 7.72. The van der Waals surface area contributed by atoms with E-state index >= 15 is 0 Å². The molecule has 1 unspecified atom stereocenters. The minimum atomic E-state index is -0.494. The Hall–Kier alpha value is -3.11. The molecule has 3 aromatic rings. The number of hydrogen-bond donors (Lipinski definition) is 1. The number of non-ortho nitro benzene ring substituents is 1. The van der Waals surface area contributed by atoms with E-state index in [1.54, 1.807) is 23.7 Å². The molecule has 0 aliphatic heterocycles. The third-order valence-corrected chi connectivity index (χ3v) is 5.81. The van der Waals surface area contributed by atoms with Gasteiger partial charge in [-0.2, -0.15) is 0 Å². The number of thioether (sulfide) groups is 1. The van der Waals surface area contributed by atoms with Crippen molar-refractivity contribution >= 4 is 40.6 Å². The van der Waals surface area contributed by atoms with Crippen molar-refractivity contribution in [3.63, 3.8) is 0 Å². The van der Waals surface area contributed by atoms with Crippen LogP contribution in [-0.4, -0.2) is 31.3 Å². The van der Waals surface area contributed by atoms with Gasteiger partial charge in [0.2, 0.25) is 5.91 Å². The Labute approximate surface area is 187 Å². The number of aromatic nitrogens is 3. The zero-order chi connectivity index (χ0) is 22.5. The van der Waals surface area contributed by atoms with Crippen LogP contribution in [0.1, 0.15) is 24.4 Å². The normalized spacial score (nSPS) is 11.7. The molecule has 3 rings (SSSR count). The molecule has 1 aromatic heterocycles. The molecule has 162 valence electrons. The Morgan fingerprint density at radius 2 is 2.00 bits per heavy atom. The largest absolute Gasteiger partial charge is 0.483 e. The number of nitro benzene ring substituents is 1. The summed E-state index contributed by atoms with van der Waals surface area (Å²) in [6.07, 6.45) is -0.360. The Kier molecular flexibility index (Phi) is 7.13. The number of amides is 1. The third kappa shape index (κ3) is 5.74. The van der Waals surface area contributed by atoms with Gasteiger partial charge in [-0.15, -0.1) is 10.2 Å². The van der Waals surface area contributed by atoms with E-state index in [0.717, 1.165) is 5.56 Å². The quantitative estimate of drug-likeness (QED) is 0.297.